The summed E-state index contributed by atoms with van der Waals surface area (Å²) in [5.41, 5.74) is 2.44. The van der Waals surface area contributed by atoms with E-state index in [9.17, 15) is 0 Å². The van der Waals surface area contributed by atoms with Gasteiger partial charge in [-0.2, -0.15) is 0 Å². The van der Waals surface area contributed by atoms with Gasteiger partial charge in [-0.1, -0.05) is 0 Å². The van der Waals surface area contributed by atoms with Gasteiger partial charge in [0.05, 0.1) is 34.1 Å². The fourth-order valence-corrected chi connectivity index (χ4v) is 2.55. The Morgan fingerprint density at radius 2 is 1.08 bits per heavy atom. The van der Waals surface area contributed by atoms with Gasteiger partial charge in [-0.25, -0.2) is 9.97 Å². The van der Waals surface area contributed by atoms with Crippen LogP contribution in [0.4, 0.5) is 0 Å². The summed E-state index contributed by atoms with van der Waals surface area (Å²) in [4.78, 5) is 9.07. The van der Waals surface area contributed by atoms with E-state index >= 15 is 0 Å². The Balaban J connectivity index is 2.07. The lowest BCUT2D eigenvalue weighted by atomic mass is 10.1. The molecule has 0 atom stereocenters. The van der Waals surface area contributed by atoms with E-state index in [-0.39, 0.29) is 0 Å². The lowest BCUT2D eigenvalue weighted by Gasteiger charge is -2.10. The van der Waals surface area contributed by atoms with Crippen molar-refractivity contribution in [3.63, 3.8) is 0 Å². The Morgan fingerprint density at radius 1 is 0.615 bits per heavy atom. The molecular weight excluding hydrogens is 332 g/mol. The molecule has 2 aromatic carbocycles. The average molecular weight is 352 g/mol. The van der Waals surface area contributed by atoms with Crippen molar-refractivity contribution >= 4 is 0 Å². The number of rotatable bonds is 6. The molecule has 0 radical (unpaired) electrons. The van der Waals surface area contributed by atoms with E-state index < -0.39 is 0 Å². The van der Waals surface area contributed by atoms with Crippen molar-refractivity contribution in [2.75, 3.05) is 28.4 Å². The first-order chi connectivity index (χ1) is 12.7. The summed E-state index contributed by atoms with van der Waals surface area (Å²) in [5, 5.41) is 0. The lowest BCUT2D eigenvalue weighted by molar-refractivity contribution is 0.394. The van der Waals surface area contributed by atoms with Crippen molar-refractivity contribution in [1.82, 2.24) is 9.97 Å². The molecule has 0 aliphatic carbocycles. The van der Waals surface area contributed by atoms with Gasteiger partial charge in [0, 0.05) is 29.5 Å². The van der Waals surface area contributed by atoms with Gasteiger partial charge in [0.2, 0.25) is 0 Å². The van der Waals surface area contributed by atoms with Crippen molar-refractivity contribution in [3.8, 4) is 45.6 Å². The second-order valence-electron chi connectivity index (χ2n) is 5.47. The van der Waals surface area contributed by atoms with Crippen LogP contribution < -0.4 is 18.9 Å². The largest absolute Gasteiger partial charge is 0.497 e. The summed E-state index contributed by atoms with van der Waals surface area (Å²) >= 11 is 0. The molecule has 134 valence electrons. The molecule has 0 aliphatic heterocycles. The third-order valence-corrected chi connectivity index (χ3v) is 3.91. The maximum Gasteiger partial charge on any atom is 0.160 e. The molecular formula is C20H20N2O4. The van der Waals surface area contributed by atoms with Crippen molar-refractivity contribution < 1.29 is 18.9 Å². The Labute approximate surface area is 152 Å². The average Bonchev–Trinajstić information content (AvgIpc) is 2.72. The van der Waals surface area contributed by atoms with Crippen molar-refractivity contribution in [2.45, 2.75) is 0 Å². The fourth-order valence-electron chi connectivity index (χ4n) is 2.55. The first kappa shape index (κ1) is 17.5. The predicted molar refractivity (Wildman–Crippen MR) is 99.1 cm³/mol. The van der Waals surface area contributed by atoms with Crippen LogP contribution in [-0.2, 0) is 0 Å². The van der Waals surface area contributed by atoms with E-state index in [2.05, 4.69) is 9.97 Å². The standard InChI is InChI=1S/C20H20N2O4/c1-23-15-7-13(8-16(11-15)24-2)19-5-6-21-20(22-19)14-9-17(25-3)12-18(10-14)26-4/h5-12H,1-4H3. The number of aromatic nitrogens is 2. The van der Waals surface area contributed by atoms with Crippen LogP contribution >= 0.6 is 0 Å². The zero-order valence-electron chi connectivity index (χ0n) is 15.1. The van der Waals surface area contributed by atoms with E-state index in [0.29, 0.717) is 28.8 Å². The molecule has 0 aliphatic rings. The number of benzene rings is 2. The highest BCUT2D eigenvalue weighted by molar-refractivity contribution is 5.67. The maximum atomic E-state index is 5.34. The summed E-state index contributed by atoms with van der Waals surface area (Å²) in [5.74, 6) is 3.32. The molecule has 1 heterocycles. The minimum Gasteiger partial charge on any atom is -0.497 e. The van der Waals surface area contributed by atoms with Crippen LogP contribution in [0.3, 0.4) is 0 Å². The van der Waals surface area contributed by atoms with Crippen LogP contribution in [0.5, 0.6) is 23.0 Å². The molecule has 1 aromatic heterocycles. The summed E-state index contributed by atoms with van der Waals surface area (Å²) in [6.45, 7) is 0. The first-order valence-electron chi connectivity index (χ1n) is 7.96. The number of hydrogen-bond acceptors (Lipinski definition) is 6. The Bertz CT molecular complexity index is 797. The number of methoxy groups -OCH3 is 4. The highest BCUT2D eigenvalue weighted by Crippen LogP contribution is 2.31. The minimum atomic E-state index is 0.571. The molecule has 0 spiro atoms. The van der Waals surface area contributed by atoms with Gasteiger partial charge in [0.15, 0.2) is 5.82 Å². The van der Waals surface area contributed by atoms with Gasteiger partial charge in [-0.15, -0.1) is 0 Å². The van der Waals surface area contributed by atoms with E-state index in [1.807, 2.05) is 36.4 Å². The Morgan fingerprint density at radius 3 is 1.54 bits per heavy atom. The maximum absolute atomic E-state index is 5.34. The number of nitrogens with zero attached hydrogens (tertiary/aromatic N) is 2. The molecule has 0 unspecified atom stereocenters. The minimum absolute atomic E-state index is 0.571. The molecule has 3 rings (SSSR count). The van der Waals surface area contributed by atoms with E-state index in [0.717, 1.165) is 16.8 Å². The van der Waals surface area contributed by atoms with Gasteiger partial charge in [-0.05, 0) is 30.3 Å². The SMILES string of the molecule is COc1cc(OC)cc(-c2ccnc(-c3cc(OC)cc(OC)c3)n2)c1. The van der Waals surface area contributed by atoms with E-state index in [1.54, 1.807) is 40.7 Å². The molecule has 6 nitrogen and oxygen atoms in total. The van der Waals surface area contributed by atoms with E-state index in [4.69, 9.17) is 18.9 Å². The first-order valence-corrected chi connectivity index (χ1v) is 7.96. The number of hydrogen-bond donors (Lipinski definition) is 0. The zero-order chi connectivity index (χ0) is 18.5. The van der Waals surface area contributed by atoms with Crippen LogP contribution in [0.2, 0.25) is 0 Å². The highest BCUT2D eigenvalue weighted by Gasteiger charge is 2.10. The molecule has 0 saturated carbocycles. The summed E-state index contributed by atoms with van der Waals surface area (Å²) in [6, 6.07) is 13.0. The van der Waals surface area contributed by atoms with Gasteiger partial charge >= 0.3 is 0 Å². The van der Waals surface area contributed by atoms with Crippen molar-refractivity contribution in [2.24, 2.45) is 0 Å². The van der Waals surface area contributed by atoms with Crippen molar-refractivity contribution in [1.29, 1.82) is 0 Å². The second-order valence-corrected chi connectivity index (χ2v) is 5.47. The summed E-state index contributed by atoms with van der Waals surface area (Å²) in [6.07, 6.45) is 1.72. The van der Waals surface area contributed by atoms with Crippen LogP contribution in [0, 0.1) is 0 Å². The summed E-state index contributed by atoms with van der Waals surface area (Å²) in [7, 11) is 6.45. The third-order valence-electron chi connectivity index (χ3n) is 3.91. The van der Waals surface area contributed by atoms with Crippen LogP contribution in [-0.4, -0.2) is 38.4 Å². The third kappa shape index (κ3) is 3.69. The van der Waals surface area contributed by atoms with Gasteiger partial charge in [0.1, 0.15) is 23.0 Å². The van der Waals surface area contributed by atoms with Gasteiger partial charge in [0.25, 0.3) is 0 Å². The molecule has 3 aromatic rings. The smallest absolute Gasteiger partial charge is 0.160 e. The second kappa shape index (κ2) is 7.74. The van der Waals surface area contributed by atoms with Crippen LogP contribution in [0.15, 0.2) is 48.7 Å². The van der Waals surface area contributed by atoms with Crippen LogP contribution in [0.25, 0.3) is 22.6 Å². The lowest BCUT2D eigenvalue weighted by Crippen LogP contribution is -1.95. The van der Waals surface area contributed by atoms with Gasteiger partial charge < -0.3 is 18.9 Å². The molecule has 0 amide bonds. The normalized spacial score (nSPS) is 10.3. The molecule has 0 bridgehead atoms. The monoisotopic (exact) mass is 352 g/mol. The number of ether oxygens (including phenoxy) is 4. The molecule has 26 heavy (non-hydrogen) atoms. The molecule has 0 fully saturated rings. The molecule has 6 heteroatoms. The fraction of sp³-hybridized carbons (Fsp3) is 0.200. The highest BCUT2D eigenvalue weighted by atomic mass is 16.5. The van der Waals surface area contributed by atoms with E-state index in [1.165, 1.54) is 0 Å². The molecule has 0 saturated heterocycles. The predicted octanol–water partition coefficient (Wildman–Crippen LogP) is 3.85. The zero-order valence-corrected chi connectivity index (χ0v) is 15.1. The topological polar surface area (TPSA) is 62.7 Å². The van der Waals surface area contributed by atoms with Crippen LogP contribution in [0.1, 0.15) is 0 Å². The Kier molecular flexibility index (Phi) is 5.22. The Hall–Kier alpha value is -3.28. The summed E-state index contributed by atoms with van der Waals surface area (Å²) < 4.78 is 21.3. The van der Waals surface area contributed by atoms with Crippen molar-refractivity contribution in [3.05, 3.63) is 48.7 Å². The van der Waals surface area contributed by atoms with Gasteiger partial charge in [-0.3, -0.25) is 0 Å². The molecule has 0 N–H and O–H groups in total. The quantitative estimate of drug-likeness (QED) is 0.672.